The van der Waals surface area contributed by atoms with Crippen LogP contribution in [0.5, 0.6) is 0 Å². The van der Waals surface area contributed by atoms with Crippen LogP contribution in [0.3, 0.4) is 0 Å². The van der Waals surface area contributed by atoms with E-state index in [1.54, 1.807) is 7.11 Å². The Morgan fingerprint density at radius 3 is 2.33 bits per heavy atom. The molecule has 82 valence electrons. The average molecular weight is 206 g/mol. The first kappa shape index (κ1) is 11.9. The predicted molar refractivity (Wildman–Crippen MR) is 61.0 cm³/mol. The van der Waals surface area contributed by atoms with E-state index in [1.165, 1.54) is 11.1 Å². The Labute approximate surface area is 91.3 Å². The maximum Gasteiger partial charge on any atom is 0.158 e. The van der Waals surface area contributed by atoms with Gasteiger partial charge < -0.3 is 4.74 Å². The highest BCUT2D eigenvalue weighted by molar-refractivity contribution is 5.79. The number of methoxy groups -OCH3 is 1. The highest BCUT2D eigenvalue weighted by Gasteiger charge is 2.01. The number of hydrogen-bond acceptors (Lipinski definition) is 2. The second-order valence-corrected chi connectivity index (χ2v) is 3.64. The Kier molecular flexibility index (Phi) is 5.05. The molecule has 0 saturated carbocycles. The quantitative estimate of drug-likeness (QED) is 0.714. The Morgan fingerprint density at radius 2 is 1.80 bits per heavy atom. The lowest BCUT2D eigenvalue weighted by atomic mass is 10.0. The second kappa shape index (κ2) is 6.36. The van der Waals surface area contributed by atoms with Gasteiger partial charge in [-0.3, -0.25) is 4.79 Å². The van der Waals surface area contributed by atoms with Gasteiger partial charge in [-0.1, -0.05) is 31.2 Å². The lowest BCUT2D eigenvalue weighted by Crippen LogP contribution is -2.07. The van der Waals surface area contributed by atoms with E-state index in [4.69, 9.17) is 4.74 Å². The molecule has 1 aromatic carbocycles. The first-order valence-corrected chi connectivity index (χ1v) is 5.34. The van der Waals surface area contributed by atoms with Crippen molar-refractivity contribution in [3.05, 3.63) is 35.4 Å². The van der Waals surface area contributed by atoms with Crippen molar-refractivity contribution in [1.29, 1.82) is 0 Å². The van der Waals surface area contributed by atoms with Gasteiger partial charge >= 0.3 is 0 Å². The topological polar surface area (TPSA) is 26.3 Å². The number of hydrogen-bond donors (Lipinski definition) is 0. The van der Waals surface area contributed by atoms with Crippen LogP contribution in [-0.2, 0) is 22.4 Å². The molecule has 0 amide bonds. The van der Waals surface area contributed by atoms with Gasteiger partial charge in [0.25, 0.3) is 0 Å². The third-order valence-electron chi connectivity index (χ3n) is 2.43. The standard InChI is InChI=1S/C13H18O2/c1-3-11-4-6-12(7-5-11)8-9-13(14)10-15-2/h4-7H,3,8-10H2,1-2H3. The summed E-state index contributed by atoms with van der Waals surface area (Å²) < 4.78 is 4.78. The molecule has 0 unspecified atom stereocenters. The molecule has 0 aromatic heterocycles. The Balaban J connectivity index is 2.40. The van der Waals surface area contributed by atoms with Crippen molar-refractivity contribution < 1.29 is 9.53 Å². The van der Waals surface area contributed by atoms with Crippen molar-refractivity contribution in [3.8, 4) is 0 Å². The van der Waals surface area contributed by atoms with Crippen molar-refractivity contribution in [1.82, 2.24) is 0 Å². The van der Waals surface area contributed by atoms with Gasteiger partial charge in [-0.25, -0.2) is 0 Å². The van der Waals surface area contributed by atoms with E-state index in [0.29, 0.717) is 6.42 Å². The molecule has 0 heterocycles. The van der Waals surface area contributed by atoms with Crippen molar-refractivity contribution in [3.63, 3.8) is 0 Å². The van der Waals surface area contributed by atoms with Gasteiger partial charge in [0.05, 0.1) is 0 Å². The van der Waals surface area contributed by atoms with Crippen LogP contribution in [0.2, 0.25) is 0 Å². The highest BCUT2D eigenvalue weighted by atomic mass is 16.5. The van der Waals surface area contributed by atoms with Gasteiger partial charge in [0.15, 0.2) is 5.78 Å². The molecule has 0 N–H and O–H groups in total. The minimum absolute atomic E-state index is 0.164. The van der Waals surface area contributed by atoms with E-state index in [9.17, 15) is 4.79 Å². The third kappa shape index (κ3) is 4.26. The first-order valence-electron chi connectivity index (χ1n) is 5.34. The van der Waals surface area contributed by atoms with E-state index < -0.39 is 0 Å². The Bertz CT molecular complexity index is 301. The molecule has 2 nitrogen and oxygen atoms in total. The number of carbonyl (C=O) groups is 1. The lowest BCUT2D eigenvalue weighted by Gasteiger charge is -2.02. The molecule has 1 rings (SSSR count). The van der Waals surface area contributed by atoms with E-state index >= 15 is 0 Å². The zero-order chi connectivity index (χ0) is 11.1. The summed E-state index contributed by atoms with van der Waals surface area (Å²) in [6, 6.07) is 8.43. The molecule has 0 spiro atoms. The van der Waals surface area contributed by atoms with Gasteiger partial charge in [-0.2, -0.15) is 0 Å². The van der Waals surface area contributed by atoms with Gasteiger partial charge in [0, 0.05) is 13.5 Å². The van der Waals surface area contributed by atoms with Crippen LogP contribution in [-0.4, -0.2) is 19.5 Å². The third-order valence-corrected chi connectivity index (χ3v) is 2.43. The molecular formula is C13H18O2. The van der Waals surface area contributed by atoms with E-state index in [1.807, 2.05) is 0 Å². The molecule has 0 aliphatic heterocycles. The summed E-state index contributed by atoms with van der Waals surface area (Å²) in [5.41, 5.74) is 2.55. The summed E-state index contributed by atoms with van der Waals surface area (Å²) in [5, 5.41) is 0. The average Bonchev–Trinajstić information content (AvgIpc) is 2.27. The molecule has 0 radical (unpaired) electrons. The monoisotopic (exact) mass is 206 g/mol. The smallest absolute Gasteiger partial charge is 0.158 e. The van der Waals surface area contributed by atoms with Crippen LogP contribution in [0.1, 0.15) is 24.5 Å². The zero-order valence-corrected chi connectivity index (χ0v) is 9.45. The largest absolute Gasteiger partial charge is 0.377 e. The van der Waals surface area contributed by atoms with Crippen LogP contribution in [0.25, 0.3) is 0 Å². The van der Waals surface area contributed by atoms with Crippen LogP contribution in [0.15, 0.2) is 24.3 Å². The van der Waals surface area contributed by atoms with Gasteiger partial charge in [-0.15, -0.1) is 0 Å². The second-order valence-electron chi connectivity index (χ2n) is 3.64. The van der Waals surface area contributed by atoms with Gasteiger partial charge in [-0.05, 0) is 24.0 Å². The normalized spacial score (nSPS) is 10.3. The van der Waals surface area contributed by atoms with Crippen LogP contribution < -0.4 is 0 Å². The number of benzene rings is 1. The molecule has 0 aliphatic carbocycles. The summed E-state index contributed by atoms with van der Waals surface area (Å²) in [6.45, 7) is 2.37. The zero-order valence-electron chi connectivity index (χ0n) is 9.45. The van der Waals surface area contributed by atoms with Crippen molar-refractivity contribution in [2.45, 2.75) is 26.2 Å². The molecule has 15 heavy (non-hydrogen) atoms. The molecule has 0 aliphatic rings. The number of ketones is 1. The number of Topliss-reactive ketones (excluding diaryl/α,β-unsaturated/α-hetero) is 1. The van der Waals surface area contributed by atoms with E-state index in [-0.39, 0.29) is 12.4 Å². The van der Waals surface area contributed by atoms with Crippen molar-refractivity contribution >= 4 is 5.78 Å². The lowest BCUT2D eigenvalue weighted by molar-refractivity contribution is -0.122. The number of ether oxygens (including phenoxy) is 1. The SMILES string of the molecule is CCc1ccc(CCC(=O)COC)cc1. The fraction of sp³-hybridized carbons (Fsp3) is 0.462. The highest BCUT2D eigenvalue weighted by Crippen LogP contribution is 2.07. The minimum Gasteiger partial charge on any atom is -0.377 e. The number of aryl methyl sites for hydroxylation is 2. The van der Waals surface area contributed by atoms with Crippen molar-refractivity contribution in [2.75, 3.05) is 13.7 Å². The summed E-state index contributed by atoms with van der Waals surface area (Å²) in [6.07, 6.45) is 2.44. The Morgan fingerprint density at radius 1 is 1.20 bits per heavy atom. The molecule has 0 bridgehead atoms. The molecule has 2 heteroatoms. The van der Waals surface area contributed by atoms with Gasteiger partial charge in [0.2, 0.25) is 0 Å². The molecule has 1 aromatic rings. The molecule has 0 saturated heterocycles. The van der Waals surface area contributed by atoms with Crippen LogP contribution in [0.4, 0.5) is 0 Å². The van der Waals surface area contributed by atoms with Crippen molar-refractivity contribution in [2.24, 2.45) is 0 Å². The number of carbonyl (C=O) groups excluding carboxylic acids is 1. The molecular weight excluding hydrogens is 188 g/mol. The molecule has 0 atom stereocenters. The first-order chi connectivity index (χ1) is 7.26. The van der Waals surface area contributed by atoms with E-state index in [2.05, 4.69) is 31.2 Å². The minimum atomic E-state index is 0.164. The fourth-order valence-corrected chi connectivity index (χ4v) is 1.46. The summed E-state index contributed by atoms with van der Waals surface area (Å²) in [5.74, 6) is 0.164. The van der Waals surface area contributed by atoms with Gasteiger partial charge in [0.1, 0.15) is 6.61 Å². The maximum absolute atomic E-state index is 11.2. The number of rotatable bonds is 6. The van der Waals surface area contributed by atoms with Crippen LogP contribution in [0, 0.1) is 0 Å². The van der Waals surface area contributed by atoms with E-state index in [0.717, 1.165) is 12.8 Å². The maximum atomic E-state index is 11.2. The Hall–Kier alpha value is -1.15. The fourth-order valence-electron chi connectivity index (χ4n) is 1.46. The predicted octanol–water partition coefficient (Wildman–Crippen LogP) is 2.40. The molecule has 0 fully saturated rings. The summed E-state index contributed by atoms with van der Waals surface area (Å²) >= 11 is 0. The van der Waals surface area contributed by atoms with Crippen LogP contribution >= 0.6 is 0 Å². The summed E-state index contributed by atoms with van der Waals surface area (Å²) in [4.78, 5) is 11.2. The summed E-state index contributed by atoms with van der Waals surface area (Å²) in [7, 11) is 1.55.